The topological polar surface area (TPSA) is 18.5 Å². The molecule has 37 heavy (non-hydrogen) atoms. The molecule has 0 atom stereocenters. The van der Waals surface area contributed by atoms with E-state index in [-0.39, 0.29) is 0 Å². The number of hydrogen-bond acceptors (Lipinski definition) is 2. The van der Waals surface area contributed by atoms with Gasteiger partial charge in [0.15, 0.2) is 0 Å². The second kappa shape index (κ2) is 10.1. The Hall–Kier alpha value is -4.13. The molecule has 2 nitrogen and oxygen atoms in total. The SMILES string of the molecule is COc1ccc(P(c2ccc(OC)cc2)c2ccc3ccccc3c2-c2cccc3ccccc23)cc1. The second-order valence-electron chi connectivity index (χ2n) is 8.94. The second-order valence-corrected chi connectivity index (χ2v) is 11.1. The van der Waals surface area contributed by atoms with Gasteiger partial charge in [-0.3, -0.25) is 0 Å². The molecule has 0 aliphatic heterocycles. The van der Waals surface area contributed by atoms with Gasteiger partial charge in [0.25, 0.3) is 0 Å². The number of rotatable bonds is 6. The van der Waals surface area contributed by atoms with Crippen LogP contribution in [0.4, 0.5) is 0 Å². The highest BCUT2D eigenvalue weighted by atomic mass is 31.1. The summed E-state index contributed by atoms with van der Waals surface area (Å²) in [6, 6.07) is 45.7. The summed E-state index contributed by atoms with van der Waals surface area (Å²) in [5, 5.41) is 8.91. The maximum atomic E-state index is 5.48. The maximum Gasteiger partial charge on any atom is 0.118 e. The molecule has 0 heterocycles. The summed E-state index contributed by atoms with van der Waals surface area (Å²) in [5.74, 6) is 1.72. The first-order chi connectivity index (χ1) is 18.3. The Morgan fingerprint density at radius 2 is 0.973 bits per heavy atom. The van der Waals surface area contributed by atoms with Crippen LogP contribution in [0.3, 0.4) is 0 Å². The summed E-state index contributed by atoms with van der Waals surface area (Å²) in [5.41, 5.74) is 2.56. The molecular formula is C34H27O2P. The molecule has 0 aromatic heterocycles. The van der Waals surface area contributed by atoms with Crippen LogP contribution in [0.2, 0.25) is 0 Å². The van der Waals surface area contributed by atoms with Crippen LogP contribution in [0.1, 0.15) is 0 Å². The third-order valence-corrected chi connectivity index (χ3v) is 9.35. The van der Waals surface area contributed by atoms with Crippen molar-refractivity contribution in [3.8, 4) is 22.6 Å². The lowest BCUT2D eigenvalue weighted by Gasteiger charge is -2.25. The molecule has 0 bridgehead atoms. The van der Waals surface area contributed by atoms with Crippen LogP contribution >= 0.6 is 7.92 Å². The average Bonchev–Trinajstić information content (AvgIpc) is 2.97. The van der Waals surface area contributed by atoms with E-state index in [4.69, 9.17) is 9.47 Å². The van der Waals surface area contributed by atoms with Gasteiger partial charge in [-0.15, -0.1) is 0 Å². The largest absolute Gasteiger partial charge is 0.497 e. The lowest BCUT2D eigenvalue weighted by Crippen LogP contribution is -2.22. The van der Waals surface area contributed by atoms with E-state index in [0.717, 1.165) is 11.5 Å². The van der Waals surface area contributed by atoms with Crippen LogP contribution in [0.15, 0.2) is 127 Å². The number of hydrogen-bond donors (Lipinski definition) is 0. The Morgan fingerprint density at radius 1 is 0.459 bits per heavy atom. The smallest absolute Gasteiger partial charge is 0.118 e. The van der Waals surface area contributed by atoms with Gasteiger partial charge < -0.3 is 9.47 Å². The van der Waals surface area contributed by atoms with Crippen molar-refractivity contribution in [2.24, 2.45) is 0 Å². The van der Waals surface area contributed by atoms with Crippen molar-refractivity contribution in [1.82, 2.24) is 0 Å². The maximum absolute atomic E-state index is 5.48. The summed E-state index contributed by atoms with van der Waals surface area (Å²) < 4.78 is 11.0. The zero-order valence-electron chi connectivity index (χ0n) is 20.9. The highest BCUT2D eigenvalue weighted by Crippen LogP contribution is 2.42. The van der Waals surface area contributed by atoms with E-state index in [1.165, 1.54) is 48.6 Å². The first-order valence-electron chi connectivity index (χ1n) is 12.3. The van der Waals surface area contributed by atoms with Crippen molar-refractivity contribution in [2.75, 3.05) is 14.2 Å². The molecule has 0 fully saturated rings. The fraction of sp³-hybridized carbons (Fsp3) is 0.0588. The van der Waals surface area contributed by atoms with Gasteiger partial charge in [0.1, 0.15) is 11.5 Å². The normalized spacial score (nSPS) is 11.2. The van der Waals surface area contributed by atoms with E-state index in [9.17, 15) is 0 Å². The van der Waals surface area contributed by atoms with Crippen LogP contribution < -0.4 is 25.4 Å². The molecule has 0 aliphatic rings. The molecule has 6 aromatic rings. The minimum Gasteiger partial charge on any atom is -0.497 e. The van der Waals surface area contributed by atoms with Gasteiger partial charge in [-0.25, -0.2) is 0 Å². The predicted molar refractivity (Wildman–Crippen MR) is 159 cm³/mol. The summed E-state index contributed by atoms with van der Waals surface area (Å²) >= 11 is 0. The standard InChI is InChI=1S/C34H27O2P/c1-35-26-15-19-28(20-16-26)37(29-21-17-27(36-2)18-22-29)33-23-14-25-9-4-6-12-31(25)34(33)32-13-7-10-24-8-3-5-11-30(24)32/h3-23H,1-2H3. The van der Waals surface area contributed by atoms with Crippen LogP contribution in [0.5, 0.6) is 11.5 Å². The monoisotopic (exact) mass is 498 g/mol. The highest BCUT2D eigenvalue weighted by Gasteiger charge is 2.23. The van der Waals surface area contributed by atoms with Crippen molar-refractivity contribution in [3.63, 3.8) is 0 Å². The Balaban J connectivity index is 1.68. The van der Waals surface area contributed by atoms with E-state index in [1.54, 1.807) is 14.2 Å². The van der Waals surface area contributed by atoms with Crippen LogP contribution in [0, 0.1) is 0 Å². The molecule has 0 saturated heterocycles. The molecule has 0 N–H and O–H groups in total. The van der Waals surface area contributed by atoms with Crippen molar-refractivity contribution >= 4 is 45.4 Å². The lowest BCUT2D eigenvalue weighted by molar-refractivity contribution is 0.415. The zero-order valence-corrected chi connectivity index (χ0v) is 21.8. The Labute approximate surface area is 218 Å². The van der Waals surface area contributed by atoms with Gasteiger partial charge in [0.05, 0.1) is 14.2 Å². The fourth-order valence-corrected chi connectivity index (χ4v) is 7.50. The zero-order chi connectivity index (χ0) is 25.2. The lowest BCUT2D eigenvalue weighted by atomic mass is 9.94. The first-order valence-corrected chi connectivity index (χ1v) is 13.7. The highest BCUT2D eigenvalue weighted by molar-refractivity contribution is 7.80. The van der Waals surface area contributed by atoms with Gasteiger partial charge >= 0.3 is 0 Å². The Morgan fingerprint density at radius 3 is 1.57 bits per heavy atom. The molecule has 6 aromatic carbocycles. The predicted octanol–water partition coefficient (Wildman–Crippen LogP) is 7.44. The van der Waals surface area contributed by atoms with E-state index >= 15 is 0 Å². The van der Waals surface area contributed by atoms with Crippen molar-refractivity contribution in [1.29, 1.82) is 0 Å². The van der Waals surface area contributed by atoms with E-state index in [2.05, 4.69) is 127 Å². The molecule has 0 radical (unpaired) electrons. The summed E-state index contributed by atoms with van der Waals surface area (Å²) in [6.45, 7) is 0. The van der Waals surface area contributed by atoms with E-state index < -0.39 is 7.92 Å². The number of methoxy groups -OCH3 is 2. The minimum atomic E-state index is -0.865. The van der Waals surface area contributed by atoms with Crippen molar-refractivity contribution in [2.45, 2.75) is 0 Å². The fourth-order valence-electron chi connectivity index (χ4n) is 5.06. The molecule has 3 heteroatoms. The molecule has 0 saturated carbocycles. The Kier molecular flexibility index (Phi) is 6.35. The molecule has 6 rings (SSSR count). The van der Waals surface area contributed by atoms with Crippen LogP contribution in [-0.2, 0) is 0 Å². The third kappa shape index (κ3) is 4.35. The molecule has 0 spiro atoms. The minimum absolute atomic E-state index is 0.862. The molecule has 0 amide bonds. The van der Waals surface area contributed by atoms with Crippen LogP contribution in [0.25, 0.3) is 32.7 Å². The number of ether oxygens (including phenoxy) is 2. The number of fused-ring (bicyclic) bond motifs is 2. The van der Waals surface area contributed by atoms with Crippen molar-refractivity contribution in [3.05, 3.63) is 127 Å². The summed E-state index contributed by atoms with van der Waals surface area (Å²) in [7, 11) is 2.56. The first kappa shape index (κ1) is 23.3. The van der Waals surface area contributed by atoms with Crippen LogP contribution in [-0.4, -0.2) is 14.2 Å². The van der Waals surface area contributed by atoms with Gasteiger partial charge in [-0.1, -0.05) is 103 Å². The van der Waals surface area contributed by atoms with Gasteiger partial charge in [0, 0.05) is 0 Å². The Bertz CT molecular complexity index is 1640. The van der Waals surface area contributed by atoms with Gasteiger partial charge in [-0.2, -0.15) is 0 Å². The van der Waals surface area contributed by atoms with E-state index in [0.29, 0.717) is 0 Å². The number of benzene rings is 6. The van der Waals surface area contributed by atoms with E-state index in [1.807, 2.05) is 0 Å². The quantitative estimate of drug-likeness (QED) is 0.222. The molecular weight excluding hydrogens is 471 g/mol. The van der Waals surface area contributed by atoms with Crippen molar-refractivity contribution < 1.29 is 9.47 Å². The molecule has 180 valence electrons. The summed E-state index contributed by atoms with van der Waals surface area (Å²) in [4.78, 5) is 0. The van der Waals surface area contributed by atoms with Gasteiger partial charge in [0.2, 0.25) is 0 Å². The molecule has 0 unspecified atom stereocenters. The summed E-state index contributed by atoms with van der Waals surface area (Å²) in [6.07, 6.45) is 0. The van der Waals surface area contributed by atoms with Gasteiger partial charge in [-0.05, 0) is 80.8 Å². The molecule has 0 aliphatic carbocycles. The third-order valence-electron chi connectivity index (χ3n) is 6.87. The average molecular weight is 499 g/mol.